The van der Waals surface area contributed by atoms with Gasteiger partial charge in [0.2, 0.25) is 11.8 Å². The van der Waals surface area contributed by atoms with Gasteiger partial charge in [-0.3, -0.25) is 14.5 Å². The van der Waals surface area contributed by atoms with Gasteiger partial charge in [0, 0.05) is 20.4 Å². The Labute approximate surface area is 60.3 Å². The molecule has 0 N–H and O–H groups in total. The van der Waals surface area contributed by atoms with E-state index in [4.69, 9.17) is 0 Å². The van der Waals surface area contributed by atoms with E-state index in [2.05, 4.69) is 6.58 Å². The summed E-state index contributed by atoms with van der Waals surface area (Å²) in [6.07, 6.45) is 1.52. The van der Waals surface area contributed by atoms with E-state index in [9.17, 15) is 9.59 Å². The van der Waals surface area contributed by atoms with Crippen molar-refractivity contribution in [3.63, 3.8) is 0 Å². The van der Waals surface area contributed by atoms with Crippen LogP contribution in [0.3, 0.4) is 0 Å². The summed E-state index contributed by atoms with van der Waals surface area (Å²) in [4.78, 5) is 22.4. The second kappa shape index (κ2) is 3.82. The minimum atomic E-state index is -0.243. The predicted octanol–water partition coefficient (Wildman–Crippen LogP) is 0.567. The summed E-state index contributed by atoms with van der Waals surface area (Å²) in [6, 6.07) is 0. The first-order valence-electron chi connectivity index (χ1n) is 2.99. The van der Waals surface area contributed by atoms with Gasteiger partial charge in [0.15, 0.2) is 0 Å². The highest BCUT2D eigenvalue weighted by atomic mass is 16.2. The summed E-state index contributed by atoms with van der Waals surface area (Å²) in [5.74, 6) is -0.486. The summed E-state index contributed by atoms with van der Waals surface area (Å²) in [5.41, 5.74) is 0. The third-order valence-corrected chi connectivity index (χ3v) is 1.07. The molecular formula is C7H11NO2. The molecule has 0 unspecified atom stereocenters. The highest BCUT2D eigenvalue weighted by molar-refractivity contribution is 5.92. The number of carbonyl (C=O) groups is 2. The molecule has 0 aromatic rings. The Morgan fingerprint density at radius 3 is 1.90 bits per heavy atom. The molecule has 2 amide bonds. The molecule has 56 valence electrons. The van der Waals surface area contributed by atoms with Crippen LogP contribution in [0.5, 0.6) is 0 Å². The molecule has 0 heterocycles. The molecule has 0 radical (unpaired) electrons. The molecule has 0 saturated carbocycles. The lowest BCUT2D eigenvalue weighted by Gasteiger charge is -2.13. The van der Waals surface area contributed by atoms with E-state index in [0.29, 0.717) is 6.54 Å². The van der Waals surface area contributed by atoms with Crippen molar-refractivity contribution in [1.29, 1.82) is 0 Å². The summed E-state index contributed by atoms with van der Waals surface area (Å²) < 4.78 is 0. The number of imide groups is 1. The van der Waals surface area contributed by atoms with Crippen molar-refractivity contribution in [3.8, 4) is 0 Å². The molecule has 3 heteroatoms. The quantitative estimate of drug-likeness (QED) is 0.527. The third-order valence-electron chi connectivity index (χ3n) is 1.07. The number of hydrogen-bond acceptors (Lipinski definition) is 2. The van der Waals surface area contributed by atoms with Crippen LogP contribution in [0.2, 0.25) is 0 Å². The van der Waals surface area contributed by atoms with Crippen LogP contribution < -0.4 is 0 Å². The molecule has 0 fully saturated rings. The van der Waals surface area contributed by atoms with Gasteiger partial charge in [-0.2, -0.15) is 0 Å². The van der Waals surface area contributed by atoms with Crippen LogP contribution in [0.1, 0.15) is 13.8 Å². The van der Waals surface area contributed by atoms with Crippen LogP contribution in [0, 0.1) is 0 Å². The lowest BCUT2D eigenvalue weighted by atomic mass is 10.4. The van der Waals surface area contributed by atoms with Crippen LogP contribution in [0.4, 0.5) is 0 Å². The van der Waals surface area contributed by atoms with Gasteiger partial charge in [-0.25, -0.2) is 0 Å². The zero-order valence-corrected chi connectivity index (χ0v) is 6.26. The molecule has 0 spiro atoms. The predicted molar refractivity (Wildman–Crippen MR) is 38.3 cm³/mol. The highest BCUT2D eigenvalue weighted by Crippen LogP contribution is 1.89. The second-order valence-corrected chi connectivity index (χ2v) is 1.94. The molecule has 3 nitrogen and oxygen atoms in total. The van der Waals surface area contributed by atoms with E-state index in [0.717, 1.165) is 4.90 Å². The largest absolute Gasteiger partial charge is 0.279 e. The minimum absolute atomic E-state index is 0.243. The summed E-state index contributed by atoms with van der Waals surface area (Å²) in [6.45, 7) is 6.42. The molecular weight excluding hydrogens is 130 g/mol. The highest BCUT2D eigenvalue weighted by Gasteiger charge is 2.09. The summed E-state index contributed by atoms with van der Waals surface area (Å²) in [7, 11) is 0. The Bertz CT molecular complexity index is 149. The van der Waals surface area contributed by atoms with Crippen molar-refractivity contribution in [3.05, 3.63) is 12.7 Å². The fraction of sp³-hybridized carbons (Fsp3) is 0.429. The van der Waals surface area contributed by atoms with E-state index in [1.807, 2.05) is 0 Å². The third kappa shape index (κ3) is 2.44. The Hall–Kier alpha value is -1.12. The van der Waals surface area contributed by atoms with Crippen molar-refractivity contribution < 1.29 is 9.59 Å². The van der Waals surface area contributed by atoms with Gasteiger partial charge in [0.1, 0.15) is 0 Å². The molecule has 10 heavy (non-hydrogen) atoms. The second-order valence-electron chi connectivity index (χ2n) is 1.94. The molecule has 0 aromatic heterocycles. The Morgan fingerprint density at radius 1 is 1.40 bits per heavy atom. The first-order chi connectivity index (χ1) is 4.59. The summed E-state index contributed by atoms with van der Waals surface area (Å²) in [5, 5.41) is 0. The Balaban J connectivity index is 4.11. The molecule has 0 aliphatic rings. The van der Waals surface area contributed by atoms with Crippen LogP contribution in [-0.4, -0.2) is 23.3 Å². The van der Waals surface area contributed by atoms with E-state index < -0.39 is 0 Å². The number of amides is 2. The van der Waals surface area contributed by atoms with Crippen molar-refractivity contribution >= 4 is 11.8 Å². The molecule has 0 atom stereocenters. The van der Waals surface area contributed by atoms with Gasteiger partial charge in [0.05, 0.1) is 0 Å². The molecule has 0 aliphatic carbocycles. The number of hydrogen-bond donors (Lipinski definition) is 0. The average Bonchev–Trinajstić information content (AvgIpc) is 1.81. The van der Waals surface area contributed by atoms with Crippen molar-refractivity contribution in [2.75, 3.05) is 6.54 Å². The zero-order valence-electron chi connectivity index (χ0n) is 6.26. The van der Waals surface area contributed by atoms with E-state index in [1.54, 1.807) is 0 Å². The lowest BCUT2D eigenvalue weighted by molar-refractivity contribution is -0.141. The van der Waals surface area contributed by atoms with Gasteiger partial charge in [-0.15, -0.1) is 6.58 Å². The van der Waals surface area contributed by atoms with Crippen LogP contribution in [0.15, 0.2) is 12.7 Å². The molecule has 0 saturated heterocycles. The topological polar surface area (TPSA) is 37.4 Å². The maximum atomic E-state index is 10.6. The van der Waals surface area contributed by atoms with Gasteiger partial charge in [-0.05, 0) is 0 Å². The SMILES string of the molecule is C=CCN(C(C)=O)C(C)=O. The van der Waals surface area contributed by atoms with Crippen molar-refractivity contribution in [2.45, 2.75) is 13.8 Å². The lowest BCUT2D eigenvalue weighted by Crippen LogP contribution is -2.33. The van der Waals surface area contributed by atoms with E-state index in [1.165, 1.54) is 19.9 Å². The molecule has 0 aliphatic heterocycles. The molecule has 0 rings (SSSR count). The van der Waals surface area contributed by atoms with E-state index >= 15 is 0 Å². The van der Waals surface area contributed by atoms with Gasteiger partial charge >= 0.3 is 0 Å². The molecule has 0 aromatic carbocycles. The zero-order chi connectivity index (χ0) is 8.15. The fourth-order valence-electron chi connectivity index (χ4n) is 0.608. The smallest absolute Gasteiger partial charge is 0.226 e. The van der Waals surface area contributed by atoms with Crippen molar-refractivity contribution in [1.82, 2.24) is 4.90 Å². The van der Waals surface area contributed by atoms with Crippen LogP contribution in [0.25, 0.3) is 0 Å². The maximum Gasteiger partial charge on any atom is 0.226 e. The minimum Gasteiger partial charge on any atom is -0.279 e. The summed E-state index contributed by atoms with van der Waals surface area (Å²) >= 11 is 0. The van der Waals surface area contributed by atoms with Gasteiger partial charge in [-0.1, -0.05) is 6.08 Å². The number of rotatable bonds is 2. The first kappa shape index (κ1) is 8.88. The van der Waals surface area contributed by atoms with Gasteiger partial charge in [0.25, 0.3) is 0 Å². The van der Waals surface area contributed by atoms with Crippen molar-refractivity contribution in [2.24, 2.45) is 0 Å². The standard InChI is InChI=1S/C7H11NO2/c1-4-5-8(6(2)9)7(3)10/h4H,1,5H2,2-3H3. The first-order valence-corrected chi connectivity index (χ1v) is 2.99. The van der Waals surface area contributed by atoms with Crippen LogP contribution >= 0.6 is 0 Å². The monoisotopic (exact) mass is 141 g/mol. The molecule has 0 bridgehead atoms. The van der Waals surface area contributed by atoms with Gasteiger partial charge < -0.3 is 0 Å². The normalized spacial score (nSPS) is 8.60. The number of carbonyl (C=O) groups excluding carboxylic acids is 2. The maximum absolute atomic E-state index is 10.6. The van der Waals surface area contributed by atoms with E-state index in [-0.39, 0.29) is 11.8 Å². The Morgan fingerprint density at radius 2 is 1.80 bits per heavy atom. The number of nitrogens with zero attached hydrogens (tertiary/aromatic N) is 1. The average molecular weight is 141 g/mol. The fourth-order valence-corrected chi connectivity index (χ4v) is 0.608. The Kier molecular flexibility index (Phi) is 3.39. The van der Waals surface area contributed by atoms with Crippen LogP contribution in [-0.2, 0) is 9.59 Å².